The van der Waals surface area contributed by atoms with Crippen LogP contribution in [0.15, 0.2) is 91.0 Å². The Balaban J connectivity index is 1.51. The predicted molar refractivity (Wildman–Crippen MR) is 150 cm³/mol. The molecule has 2 saturated heterocycles. The summed E-state index contributed by atoms with van der Waals surface area (Å²) in [6.45, 7) is 12.7. The van der Waals surface area contributed by atoms with E-state index in [9.17, 15) is 0 Å². The second kappa shape index (κ2) is 10.5. The van der Waals surface area contributed by atoms with Crippen molar-refractivity contribution in [2.24, 2.45) is 0 Å². The van der Waals surface area contributed by atoms with Gasteiger partial charge in [-0.2, -0.15) is 0 Å². The van der Waals surface area contributed by atoms with E-state index < -0.39 is 13.9 Å². The summed E-state index contributed by atoms with van der Waals surface area (Å²) in [4.78, 5) is 0. The number of benzene rings is 3. The van der Waals surface area contributed by atoms with E-state index in [-0.39, 0.29) is 29.5 Å². The molecule has 0 aliphatic carbocycles. The van der Waals surface area contributed by atoms with Crippen molar-refractivity contribution >= 4 is 8.32 Å². The normalized spacial score (nSPS) is 24.2. The number of rotatable bonds is 9. The molecule has 0 spiro atoms. The number of hydrogen-bond acceptors (Lipinski definition) is 4. The maximum Gasteiger partial charge on any atom is 0.192 e. The Labute approximate surface area is 223 Å². The summed E-state index contributed by atoms with van der Waals surface area (Å²) in [6, 6.07) is 31.5. The minimum atomic E-state index is -2.00. The molecule has 3 aromatic rings. The van der Waals surface area contributed by atoms with Gasteiger partial charge in [0.1, 0.15) is 17.8 Å². The maximum absolute atomic E-state index is 7.12. The van der Waals surface area contributed by atoms with Gasteiger partial charge in [0.15, 0.2) is 8.32 Å². The molecule has 0 unspecified atom stereocenters. The lowest BCUT2D eigenvalue weighted by Gasteiger charge is -2.40. The van der Waals surface area contributed by atoms with Crippen LogP contribution in [0.4, 0.5) is 0 Å². The molecule has 4 nitrogen and oxygen atoms in total. The molecule has 0 N–H and O–H groups in total. The lowest BCUT2D eigenvalue weighted by atomic mass is 9.80. The van der Waals surface area contributed by atoms with Gasteiger partial charge < -0.3 is 18.6 Å². The highest BCUT2D eigenvalue weighted by molar-refractivity contribution is 6.74. The van der Waals surface area contributed by atoms with Gasteiger partial charge in [-0.1, -0.05) is 112 Å². The fourth-order valence-electron chi connectivity index (χ4n) is 5.06. The Morgan fingerprint density at radius 3 is 1.62 bits per heavy atom. The Kier molecular flexibility index (Phi) is 7.45. The van der Waals surface area contributed by atoms with E-state index >= 15 is 0 Å². The van der Waals surface area contributed by atoms with Crippen LogP contribution in [-0.4, -0.2) is 45.9 Å². The van der Waals surface area contributed by atoms with Gasteiger partial charge in [-0.15, -0.1) is 0 Å². The third-order valence-electron chi connectivity index (χ3n) is 8.26. The molecule has 2 heterocycles. The second-order valence-electron chi connectivity index (χ2n) is 11.8. The zero-order chi connectivity index (χ0) is 26.1. The highest BCUT2D eigenvalue weighted by Crippen LogP contribution is 2.44. The van der Waals surface area contributed by atoms with Crippen molar-refractivity contribution < 1.29 is 18.6 Å². The van der Waals surface area contributed by atoms with Gasteiger partial charge >= 0.3 is 0 Å². The Morgan fingerprint density at radius 1 is 0.757 bits per heavy atom. The van der Waals surface area contributed by atoms with Crippen molar-refractivity contribution in [3.8, 4) is 0 Å². The number of epoxide rings is 1. The zero-order valence-electron chi connectivity index (χ0n) is 22.7. The number of hydrogen-bond donors (Lipinski definition) is 0. The van der Waals surface area contributed by atoms with Crippen molar-refractivity contribution in [1.82, 2.24) is 0 Å². The average molecular weight is 517 g/mol. The zero-order valence-corrected chi connectivity index (χ0v) is 23.7. The minimum Gasteiger partial charge on any atom is -0.411 e. The van der Waals surface area contributed by atoms with E-state index in [4.69, 9.17) is 18.6 Å². The van der Waals surface area contributed by atoms with E-state index in [1.165, 1.54) is 0 Å². The molecule has 5 heteroatoms. The molecular weight excluding hydrogens is 476 g/mol. The Hall–Kier alpha value is -2.28. The van der Waals surface area contributed by atoms with Crippen molar-refractivity contribution in [3.63, 3.8) is 0 Å². The van der Waals surface area contributed by atoms with Crippen LogP contribution in [0.1, 0.15) is 43.9 Å². The van der Waals surface area contributed by atoms with E-state index in [1.807, 2.05) is 18.2 Å². The summed E-state index contributed by atoms with van der Waals surface area (Å²) in [5.41, 5.74) is 2.50. The molecule has 3 aromatic carbocycles. The first-order valence-electron chi connectivity index (χ1n) is 13.5. The van der Waals surface area contributed by atoms with Crippen molar-refractivity contribution in [2.75, 3.05) is 13.2 Å². The van der Waals surface area contributed by atoms with Gasteiger partial charge in [-0.05, 0) is 34.8 Å². The molecule has 4 atom stereocenters. The fourth-order valence-corrected chi connectivity index (χ4v) is 6.42. The first-order valence-corrected chi connectivity index (χ1v) is 16.4. The molecule has 2 aliphatic heterocycles. The van der Waals surface area contributed by atoms with Crippen molar-refractivity contribution in [1.29, 1.82) is 0 Å². The van der Waals surface area contributed by atoms with Crippen LogP contribution in [0.3, 0.4) is 0 Å². The lowest BCUT2D eigenvalue weighted by molar-refractivity contribution is -0.0830. The summed E-state index contributed by atoms with van der Waals surface area (Å²) in [7, 11) is -2.00. The molecule has 2 fully saturated rings. The van der Waals surface area contributed by atoms with Crippen molar-refractivity contribution in [3.05, 3.63) is 108 Å². The third-order valence-corrected chi connectivity index (χ3v) is 12.8. The van der Waals surface area contributed by atoms with Gasteiger partial charge in [0, 0.05) is 6.42 Å². The van der Waals surface area contributed by atoms with Crippen LogP contribution in [0.25, 0.3) is 0 Å². The number of ether oxygens (including phenoxy) is 3. The van der Waals surface area contributed by atoms with Gasteiger partial charge in [0.2, 0.25) is 0 Å². The molecule has 2 aliphatic rings. The van der Waals surface area contributed by atoms with Crippen LogP contribution in [0, 0.1) is 0 Å². The van der Waals surface area contributed by atoms with Crippen LogP contribution >= 0.6 is 0 Å². The summed E-state index contributed by atoms with van der Waals surface area (Å²) in [5.74, 6) is 0. The van der Waals surface area contributed by atoms with Crippen LogP contribution in [0.5, 0.6) is 0 Å². The van der Waals surface area contributed by atoms with Crippen molar-refractivity contribution in [2.45, 2.75) is 75.3 Å². The smallest absolute Gasteiger partial charge is 0.192 e. The highest BCUT2D eigenvalue weighted by atomic mass is 28.4. The molecule has 0 radical (unpaired) electrons. The summed E-state index contributed by atoms with van der Waals surface area (Å²) < 4.78 is 26.3. The first kappa shape index (κ1) is 26.3. The molecule has 196 valence electrons. The molecular formula is C32H40O4Si. The van der Waals surface area contributed by atoms with Crippen LogP contribution < -0.4 is 0 Å². The van der Waals surface area contributed by atoms with E-state index in [1.54, 1.807) is 0 Å². The molecule has 0 saturated carbocycles. The van der Waals surface area contributed by atoms with E-state index in [2.05, 4.69) is 107 Å². The summed E-state index contributed by atoms with van der Waals surface area (Å²) in [6.07, 6.45) is 0.898. The maximum atomic E-state index is 7.12. The second-order valence-corrected chi connectivity index (χ2v) is 16.6. The minimum absolute atomic E-state index is 0.0184. The van der Waals surface area contributed by atoms with Crippen LogP contribution in [-0.2, 0) is 24.2 Å². The Bertz CT molecular complexity index is 1040. The molecule has 0 aromatic heterocycles. The standard InChI is InChI=1S/C32H40O4Si/c1-31(2,3)37(4,5)36-28-21-27(29-22-33-29)35-30(28)23-34-32(24-15-9-6-10-16-24,25-17-11-7-12-18-25)26-19-13-8-14-20-26/h6-20,27-30H,21-23H2,1-5H3/t27-,28+,29+,30-/m1/s1. The summed E-state index contributed by atoms with van der Waals surface area (Å²) in [5, 5.41) is 0.119. The molecule has 5 rings (SSSR count). The largest absolute Gasteiger partial charge is 0.411 e. The van der Waals surface area contributed by atoms with E-state index in [0.717, 1.165) is 29.7 Å². The highest BCUT2D eigenvalue weighted by Gasteiger charge is 2.49. The third kappa shape index (κ3) is 5.47. The topological polar surface area (TPSA) is 40.2 Å². The van der Waals surface area contributed by atoms with Gasteiger partial charge in [-0.3, -0.25) is 0 Å². The quantitative estimate of drug-likeness (QED) is 0.175. The van der Waals surface area contributed by atoms with Gasteiger partial charge in [-0.25, -0.2) is 0 Å². The predicted octanol–water partition coefficient (Wildman–Crippen LogP) is 6.94. The van der Waals surface area contributed by atoms with Crippen LogP contribution in [0.2, 0.25) is 18.1 Å². The molecule has 0 amide bonds. The van der Waals surface area contributed by atoms with Gasteiger partial charge in [0.05, 0.1) is 25.4 Å². The van der Waals surface area contributed by atoms with Gasteiger partial charge in [0.25, 0.3) is 0 Å². The monoisotopic (exact) mass is 516 g/mol. The Morgan fingerprint density at radius 2 is 1.22 bits per heavy atom. The van der Waals surface area contributed by atoms with E-state index in [0.29, 0.717) is 6.61 Å². The average Bonchev–Trinajstić information content (AvgIpc) is 3.67. The molecule has 37 heavy (non-hydrogen) atoms. The lowest BCUT2D eigenvalue weighted by Crippen LogP contribution is -2.47. The fraction of sp³-hybridized carbons (Fsp3) is 0.438. The summed E-state index contributed by atoms with van der Waals surface area (Å²) >= 11 is 0. The SMILES string of the molecule is CC(C)(C)[Si](C)(C)O[C@H]1C[C@H]([C@@H]2CO2)O[C@@H]1COC(c1ccccc1)(c1ccccc1)c1ccccc1. The first-order chi connectivity index (χ1) is 17.7. The molecule has 0 bridgehead atoms.